The van der Waals surface area contributed by atoms with Gasteiger partial charge < -0.3 is 5.73 Å². The van der Waals surface area contributed by atoms with Crippen LogP contribution in [0.15, 0.2) is 64.9 Å². The van der Waals surface area contributed by atoms with Gasteiger partial charge >= 0.3 is 0 Å². The molecular formula is C24H24N2O2S2. The fourth-order valence-electron chi connectivity index (χ4n) is 3.48. The van der Waals surface area contributed by atoms with E-state index in [0.29, 0.717) is 16.9 Å². The highest BCUT2D eigenvalue weighted by atomic mass is 32.2. The monoisotopic (exact) mass is 436 g/mol. The largest absolute Gasteiger partial charge is 0.396 e. The number of thiophene rings is 1. The maximum Gasteiger partial charge on any atom is 0.189 e. The molecule has 6 heteroatoms. The minimum atomic E-state index is -3.44. The second-order valence-corrected chi connectivity index (χ2v) is 10.7. The first kappa shape index (κ1) is 20.6. The van der Waals surface area contributed by atoms with E-state index >= 15 is 0 Å². The number of fused-ring (bicyclic) bond motifs is 1. The van der Waals surface area contributed by atoms with Crippen LogP contribution in [0.5, 0.6) is 0 Å². The summed E-state index contributed by atoms with van der Waals surface area (Å²) in [4.78, 5) is 5.46. The summed E-state index contributed by atoms with van der Waals surface area (Å²) in [6.45, 7) is 4.02. The fraction of sp³-hybridized carbons (Fsp3) is 0.208. The number of rotatable bonds is 6. The number of anilines is 1. The Bertz CT molecular complexity index is 1290. The summed E-state index contributed by atoms with van der Waals surface area (Å²) < 4.78 is 26.1. The van der Waals surface area contributed by atoms with Gasteiger partial charge in [0.05, 0.1) is 17.1 Å². The van der Waals surface area contributed by atoms with Crippen molar-refractivity contribution in [2.24, 2.45) is 0 Å². The molecule has 0 bridgehead atoms. The lowest BCUT2D eigenvalue weighted by Gasteiger charge is -2.09. The van der Waals surface area contributed by atoms with Crippen LogP contribution in [0.3, 0.4) is 0 Å². The number of aromatic nitrogens is 1. The number of pyridine rings is 1. The summed E-state index contributed by atoms with van der Waals surface area (Å²) in [5.41, 5.74) is 11.6. The van der Waals surface area contributed by atoms with Gasteiger partial charge in [-0.1, -0.05) is 73.5 Å². The molecule has 0 fully saturated rings. The van der Waals surface area contributed by atoms with Crippen molar-refractivity contribution in [2.45, 2.75) is 30.9 Å². The first-order valence-corrected chi connectivity index (χ1v) is 12.5. The molecule has 2 aromatic heterocycles. The molecule has 0 unspecified atom stereocenters. The van der Waals surface area contributed by atoms with Crippen LogP contribution < -0.4 is 5.73 Å². The third-order valence-electron chi connectivity index (χ3n) is 5.15. The molecule has 0 aliphatic rings. The van der Waals surface area contributed by atoms with Crippen LogP contribution >= 0.6 is 11.3 Å². The Kier molecular flexibility index (Phi) is 5.62. The van der Waals surface area contributed by atoms with E-state index in [1.165, 1.54) is 16.9 Å². The van der Waals surface area contributed by atoms with E-state index in [1.54, 1.807) is 0 Å². The molecule has 4 aromatic rings. The van der Waals surface area contributed by atoms with E-state index in [9.17, 15) is 8.42 Å². The number of unbranched alkanes of at least 4 members (excludes halogenated alkanes) is 1. The van der Waals surface area contributed by atoms with Crippen LogP contribution in [0.4, 0.5) is 5.69 Å². The number of hydrogen-bond acceptors (Lipinski definition) is 5. The maximum absolute atomic E-state index is 12.9. The van der Waals surface area contributed by atoms with Crippen LogP contribution in [-0.2, 0) is 9.84 Å². The predicted molar refractivity (Wildman–Crippen MR) is 127 cm³/mol. The molecule has 0 saturated heterocycles. The Hall–Kier alpha value is -2.70. The Labute approximate surface area is 181 Å². The lowest BCUT2D eigenvalue weighted by atomic mass is 10.00. The summed E-state index contributed by atoms with van der Waals surface area (Å²) in [6.07, 6.45) is 1.43. The topological polar surface area (TPSA) is 73.0 Å². The first-order chi connectivity index (χ1) is 14.4. The van der Waals surface area contributed by atoms with Gasteiger partial charge in [0.15, 0.2) is 9.84 Å². The van der Waals surface area contributed by atoms with Gasteiger partial charge in [-0.25, -0.2) is 13.4 Å². The number of nitrogens with zero attached hydrogens (tertiary/aromatic N) is 1. The van der Waals surface area contributed by atoms with Gasteiger partial charge in [-0.15, -0.1) is 11.3 Å². The highest BCUT2D eigenvalue weighted by Gasteiger charge is 2.25. The molecule has 0 saturated carbocycles. The average Bonchev–Trinajstić information content (AvgIpc) is 3.10. The molecule has 4 rings (SSSR count). The van der Waals surface area contributed by atoms with Crippen LogP contribution in [-0.4, -0.2) is 19.2 Å². The van der Waals surface area contributed by atoms with Crippen molar-refractivity contribution in [2.75, 3.05) is 11.5 Å². The summed E-state index contributed by atoms with van der Waals surface area (Å²) in [5, 5.41) is 0.720. The quantitative estimate of drug-likeness (QED) is 0.397. The van der Waals surface area contributed by atoms with E-state index in [1.807, 2.05) is 74.5 Å². The van der Waals surface area contributed by atoms with Gasteiger partial charge in [-0.2, -0.15) is 0 Å². The predicted octanol–water partition coefficient (Wildman–Crippen LogP) is 6.09. The van der Waals surface area contributed by atoms with Crippen molar-refractivity contribution in [1.29, 1.82) is 0 Å². The van der Waals surface area contributed by atoms with Gasteiger partial charge in [-0.3, -0.25) is 0 Å². The smallest absolute Gasteiger partial charge is 0.189 e. The van der Waals surface area contributed by atoms with Crippen molar-refractivity contribution in [1.82, 2.24) is 4.98 Å². The molecule has 2 heterocycles. The van der Waals surface area contributed by atoms with Crippen molar-refractivity contribution in [3.05, 3.63) is 66.2 Å². The Morgan fingerprint density at radius 2 is 1.70 bits per heavy atom. The van der Waals surface area contributed by atoms with Crippen LogP contribution in [0, 0.1) is 6.92 Å². The number of benzene rings is 2. The number of hydrogen-bond donors (Lipinski definition) is 1. The van der Waals surface area contributed by atoms with E-state index in [-0.39, 0.29) is 9.96 Å². The highest BCUT2D eigenvalue weighted by Crippen LogP contribution is 2.43. The second kappa shape index (κ2) is 8.20. The summed E-state index contributed by atoms with van der Waals surface area (Å²) in [7, 11) is -3.44. The molecule has 2 aromatic carbocycles. The van der Waals surface area contributed by atoms with Gasteiger partial charge in [0.2, 0.25) is 0 Å². The Morgan fingerprint density at radius 1 is 1.00 bits per heavy atom. The van der Waals surface area contributed by atoms with Crippen molar-refractivity contribution in [3.63, 3.8) is 0 Å². The van der Waals surface area contributed by atoms with Crippen LogP contribution in [0.1, 0.15) is 25.3 Å². The lowest BCUT2D eigenvalue weighted by Crippen LogP contribution is -2.06. The number of nitrogens with two attached hydrogens (primary N) is 1. The molecule has 0 radical (unpaired) electrons. The zero-order chi connectivity index (χ0) is 21.3. The zero-order valence-corrected chi connectivity index (χ0v) is 18.7. The molecule has 2 N–H and O–H groups in total. The first-order valence-electron chi connectivity index (χ1n) is 9.99. The average molecular weight is 437 g/mol. The van der Waals surface area contributed by atoms with E-state index in [4.69, 9.17) is 10.7 Å². The molecule has 0 aliphatic heterocycles. The Balaban J connectivity index is 1.99. The molecule has 154 valence electrons. The summed E-state index contributed by atoms with van der Waals surface area (Å²) >= 11 is 1.18. The van der Waals surface area contributed by atoms with Gasteiger partial charge in [0, 0.05) is 10.9 Å². The summed E-state index contributed by atoms with van der Waals surface area (Å²) in [6, 6.07) is 20.1. The fourth-order valence-corrected chi connectivity index (χ4v) is 6.62. The number of nitrogen functional groups attached to an aromatic ring is 1. The van der Waals surface area contributed by atoms with E-state index in [0.717, 1.165) is 34.2 Å². The minimum absolute atomic E-state index is 0.103. The third-order valence-corrected chi connectivity index (χ3v) is 8.66. The summed E-state index contributed by atoms with van der Waals surface area (Å²) in [5.74, 6) is 0.103. The van der Waals surface area contributed by atoms with Crippen LogP contribution in [0.2, 0.25) is 0 Å². The lowest BCUT2D eigenvalue weighted by molar-refractivity contribution is 0.595. The Morgan fingerprint density at radius 3 is 2.37 bits per heavy atom. The molecule has 0 atom stereocenters. The zero-order valence-electron chi connectivity index (χ0n) is 17.1. The molecule has 0 amide bonds. The van der Waals surface area contributed by atoms with Crippen molar-refractivity contribution >= 4 is 37.1 Å². The minimum Gasteiger partial charge on any atom is -0.396 e. The maximum atomic E-state index is 12.9. The normalized spacial score (nSPS) is 11.8. The van der Waals surface area contributed by atoms with E-state index in [2.05, 4.69) is 0 Å². The second-order valence-electron chi connectivity index (χ2n) is 7.44. The SMILES string of the molecule is CCCCS(=O)(=O)c1sc2nc(-c3ccc(C)cc3)cc(-c3ccccc3)c2c1N. The molecule has 0 spiro atoms. The molecule has 30 heavy (non-hydrogen) atoms. The van der Waals surface area contributed by atoms with Gasteiger partial charge in [0.1, 0.15) is 9.04 Å². The molecule has 4 nitrogen and oxygen atoms in total. The number of sulfone groups is 1. The number of aryl methyl sites for hydroxylation is 1. The molecular weight excluding hydrogens is 412 g/mol. The van der Waals surface area contributed by atoms with Crippen molar-refractivity contribution in [3.8, 4) is 22.4 Å². The molecule has 0 aliphatic carbocycles. The van der Waals surface area contributed by atoms with Crippen LogP contribution in [0.25, 0.3) is 32.6 Å². The van der Waals surface area contributed by atoms with Gasteiger partial charge in [0.25, 0.3) is 0 Å². The standard InChI is InChI=1S/C24H24N2O2S2/c1-3-4-14-30(27,28)24-22(25)21-19(17-8-6-5-7-9-17)15-20(26-23(21)29-24)18-12-10-16(2)11-13-18/h5-13,15H,3-4,14,25H2,1-2H3. The van der Waals surface area contributed by atoms with Crippen molar-refractivity contribution < 1.29 is 8.42 Å². The highest BCUT2D eigenvalue weighted by molar-refractivity contribution is 7.93. The van der Waals surface area contributed by atoms with Gasteiger partial charge in [-0.05, 0) is 30.5 Å². The van der Waals surface area contributed by atoms with E-state index < -0.39 is 9.84 Å². The third kappa shape index (κ3) is 3.85.